The normalized spacial score (nSPS) is 12.9. The van der Waals surface area contributed by atoms with Gasteiger partial charge in [0.15, 0.2) is 6.10 Å². The van der Waals surface area contributed by atoms with Gasteiger partial charge in [-0.1, -0.05) is 392 Å². The number of aliphatic hydroxyl groups is 1. The smallest absolute Gasteiger partial charge is 0.306 e. The molecule has 0 aromatic heterocycles. The van der Waals surface area contributed by atoms with Crippen molar-refractivity contribution in [3.8, 4) is 0 Å². The van der Waals surface area contributed by atoms with E-state index in [9.17, 15) is 14.7 Å². The highest BCUT2D eigenvalue weighted by Crippen LogP contribution is 2.19. The first-order chi connectivity index (χ1) is 45.6. The summed E-state index contributed by atoms with van der Waals surface area (Å²) >= 11 is 0. The Balaban J connectivity index is 3.48. The molecule has 0 bridgehead atoms. The molecule has 0 saturated carbocycles. The lowest BCUT2D eigenvalue weighted by Crippen LogP contribution is -2.28. The Labute approximate surface area is 572 Å². The molecular formula is C87H150O5. The van der Waals surface area contributed by atoms with Crippen LogP contribution < -0.4 is 0 Å². The van der Waals surface area contributed by atoms with Crippen LogP contribution in [0.4, 0.5) is 0 Å². The number of unbranched alkanes of at least 4 members (excludes halogenated alkanes) is 43. The van der Waals surface area contributed by atoms with Gasteiger partial charge in [0.25, 0.3) is 0 Å². The second-order valence-corrected chi connectivity index (χ2v) is 26.4. The lowest BCUT2D eigenvalue weighted by Gasteiger charge is -2.15. The minimum Gasteiger partial charge on any atom is -0.462 e. The van der Waals surface area contributed by atoms with E-state index in [2.05, 4.69) is 148 Å². The van der Waals surface area contributed by atoms with Crippen molar-refractivity contribution in [1.29, 1.82) is 0 Å². The van der Waals surface area contributed by atoms with Gasteiger partial charge >= 0.3 is 11.9 Å². The van der Waals surface area contributed by atoms with Gasteiger partial charge in [-0.3, -0.25) is 9.59 Å². The van der Waals surface area contributed by atoms with Gasteiger partial charge in [0.1, 0.15) is 6.61 Å². The summed E-state index contributed by atoms with van der Waals surface area (Å²) in [4.78, 5) is 24.7. The molecule has 0 saturated heterocycles. The molecule has 0 fully saturated rings. The average molecular weight is 1280 g/mol. The Morgan fingerprint density at radius 1 is 0.261 bits per heavy atom. The molecule has 0 amide bonds. The van der Waals surface area contributed by atoms with Crippen molar-refractivity contribution in [2.45, 2.75) is 392 Å². The molecule has 1 unspecified atom stereocenters. The summed E-state index contributed by atoms with van der Waals surface area (Å²) in [7, 11) is 0. The number of allylic oxidation sites excluding steroid dienone is 22. The number of esters is 2. The highest BCUT2D eigenvalue weighted by atomic mass is 16.6. The summed E-state index contributed by atoms with van der Waals surface area (Å²) in [6.07, 6.45) is 121. The zero-order valence-corrected chi connectivity index (χ0v) is 60.8. The molecule has 0 aromatic rings. The molecule has 1 atom stereocenters. The number of carbonyl (C=O) groups excluding carboxylic acids is 2. The van der Waals surface area contributed by atoms with Crippen LogP contribution in [0.15, 0.2) is 134 Å². The Kier molecular flexibility index (Phi) is 77.8. The molecule has 0 aliphatic heterocycles. The minimum atomic E-state index is -0.786. The van der Waals surface area contributed by atoms with E-state index >= 15 is 0 Å². The molecule has 0 radical (unpaired) electrons. The number of hydrogen-bond acceptors (Lipinski definition) is 5. The molecule has 0 aromatic carbocycles. The minimum absolute atomic E-state index is 0.0721. The van der Waals surface area contributed by atoms with Gasteiger partial charge < -0.3 is 14.6 Å². The second kappa shape index (κ2) is 81.3. The third-order valence-corrected chi connectivity index (χ3v) is 17.4. The van der Waals surface area contributed by atoms with E-state index in [0.29, 0.717) is 12.8 Å². The number of aliphatic hydroxyl groups excluding tert-OH is 1. The van der Waals surface area contributed by atoms with Crippen LogP contribution in [-0.4, -0.2) is 36.4 Å². The zero-order valence-electron chi connectivity index (χ0n) is 60.8. The monoisotopic (exact) mass is 1280 g/mol. The van der Waals surface area contributed by atoms with Crippen molar-refractivity contribution in [3.05, 3.63) is 134 Å². The third kappa shape index (κ3) is 78.5. The lowest BCUT2D eigenvalue weighted by molar-refractivity contribution is -0.161. The van der Waals surface area contributed by atoms with Crippen molar-refractivity contribution < 1.29 is 24.2 Å². The van der Waals surface area contributed by atoms with Crippen LogP contribution in [0.25, 0.3) is 0 Å². The summed E-state index contributed by atoms with van der Waals surface area (Å²) < 4.78 is 10.8. The van der Waals surface area contributed by atoms with Crippen LogP contribution in [0.1, 0.15) is 386 Å². The van der Waals surface area contributed by atoms with Gasteiger partial charge in [-0.05, 0) is 116 Å². The lowest BCUT2D eigenvalue weighted by atomic mass is 10.0. The Morgan fingerprint density at radius 3 is 0.717 bits per heavy atom. The van der Waals surface area contributed by atoms with E-state index in [-0.39, 0.29) is 25.2 Å². The summed E-state index contributed by atoms with van der Waals surface area (Å²) in [5, 5.41) is 9.73. The number of rotatable bonds is 73. The van der Waals surface area contributed by atoms with Crippen molar-refractivity contribution in [3.63, 3.8) is 0 Å². The molecule has 0 rings (SSSR count). The molecule has 1 N–H and O–H groups in total. The van der Waals surface area contributed by atoms with Crippen molar-refractivity contribution in [2.75, 3.05) is 13.2 Å². The molecule has 0 aliphatic rings. The van der Waals surface area contributed by atoms with Gasteiger partial charge in [0.2, 0.25) is 0 Å². The van der Waals surface area contributed by atoms with Crippen LogP contribution in [0.5, 0.6) is 0 Å². The molecule has 0 spiro atoms. The highest BCUT2D eigenvalue weighted by molar-refractivity contribution is 5.70. The van der Waals surface area contributed by atoms with E-state index < -0.39 is 6.10 Å². The molecule has 5 nitrogen and oxygen atoms in total. The topological polar surface area (TPSA) is 72.8 Å². The first-order valence-corrected chi connectivity index (χ1v) is 39.7. The first kappa shape index (κ1) is 88.0. The maximum atomic E-state index is 12.4. The standard InChI is InChI=1S/C87H150O5/c1-3-5-7-9-11-13-15-17-19-21-23-25-27-29-31-33-35-37-39-41-43-45-47-49-51-53-55-57-59-61-63-65-67-69-71-73-75-77-79-81-86(89)91-84-85(83-88)92-87(90)82-80-78-76-74-72-70-68-66-64-62-60-58-56-54-52-50-48-46-44-42-40-38-36-34-32-30-28-26-24-22-20-18-16-14-12-10-8-6-4-2/h6,8,12,14,18,20-21,23-24,26,30,32,36,38,42,44,48,50,54,56,60,62,85,88H,3-5,7,9-11,13,15-17,19,22,25,27-29,31,33-35,37,39-41,43,45-47,49,51-53,55,57-59,61,63-84H2,1-2H3/b8-6-,14-12-,20-18-,23-21-,26-24-,32-30-,38-36-,44-42-,50-48-,56-54-,62-60-. The number of carbonyl (C=O) groups is 2. The van der Waals surface area contributed by atoms with Crippen LogP contribution in [-0.2, 0) is 19.1 Å². The molecule has 0 aliphatic carbocycles. The van der Waals surface area contributed by atoms with Crippen LogP contribution in [0.2, 0.25) is 0 Å². The Morgan fingerprint density at radius 2 is 0.467 bits per heavy atom. The van der Waals surface area contributed by atoms with Crippen LogP contribution in [0, 0.1) is 0 Å². The van der Waals surface area contributed by atoms with Gasteiger partial charge in [-0.25, -0.2) is 0 Å². The predicted octanol–water partition coefficient (Wildman–Crippen LogP) is 28.2. The summed E-state index contributed by atoms with van der Waals surface area (Å²) in [5.74, 6) is -0.591. The van der Waals surface area contributed by atoms with Crippen molar-refractivity contribution in [1.82, 2.24) is 0 Å². The molecule has 92 heavy (non-hydrogen) atoms. The van der Waals surface area contributed by atoms with Crippen molar-refractivity contribution in [2.24, 2.45) is 0 Å². The summed E-state index contributed by atoms with van der Waals surface area (Å²) in [6.45, 7) is 4.05. The summed E-state index contributed by atoms with van der Waals surface area (Å²) in [6, 6.07) is 0. The van der Waals surface area contributed by atoms with E-state index in [0.717, 1.165) is 109 Å². The van der Waals surface area contributed by atoms with E-state index in [4.69, 9.17) is 9.47 Å². The zero-order chi connectivity index (χ0) is 66.1. The quantitative estimate of drug-likeness (QED) is 0.0373. The molecule has 528 valence electrons. The fraction of sp³-hybridized carbons (Fsp3) is 0.724. The van der Waals surface area contributed by atoms with E-state index in [1.807, 2.05) is 0 Å². The predicted molar refractivity (Wildman–Crippen MR) is 408 cm³/mol. The maximum Gasteiger partial charge on any atom is 0.306 e. The van der Waals surface area contributed by atoms with Crippen molar-refractivity contribution >= 4 is 11.9 Å². The van der Waals surface area contributed by atoms with Crippen LogP contribution in [0.3, 0.4) is 0 Å². The molecule has 5 heteroatoms. The third-order valence-electron chi connectivity index (χ3n) is 17.4. The van der Waals surface area contributed by atoms with Gasteiger partial charge in [-0.15, -0.1) is 0 Å². The SMILES string of the molecule is CC/C=C\C/C=C\C/C=C\C/C=C\C/C=C\C/C=C\C/C=C\C/C=C\C/C=C\C/C=C\CCCCCCCCCCC(=O)OC(CO)COC(=O)CCCCCCCCCCCCCCCCCCCCCCCCCCCCC/C=C\CCCCCCCCCC. The Bertz CT molecular complexity index is 1840. The largest absolute Gasteiger partial charge is 0.462 e. The second-order valence-electron chi connectivity index (χ2n) is 26.4. The van der Waals surface area contributed by atoms with Gasteiger partial charge in [0.05, 0.1) is 6.61 Å². The van der Waals surface area contributed by atoms with E-state index in [1.165, 1.54) is 250 Å². The number of ether oxygens (including phenoxy) is 2. The highest BCUT2D eigenvalue weighted by Gasteiger charge is 2.16. The fourth-order valence-electron chi connectivity index (χ4n) is 11.5. The van der Waals surface area contributed by atoms with Crippen LogP contribution >= 0.6 is 0 Å². The van der Waals surface area contributed by atoms with Gasteiger partial charge in [-0.2, -0.15) is 0 Å². The van der Waals surface area contributed by atoms with E-state index in [1.54, 1.807) is 0 Å². The Hall–Kier alpha value is -3.96. The molecular weight excluding hydrogens is 1120 g/mol. The summed E-state index contributed by atoms with van der Waals surface area (Å²) in [5.41, 5.74) is 0. The maximum absolute atomic E-state index is 12.4. The van der Waals surface area contributed by atoms with Gasteiger partial charge in [0, 0.05) is 12.8 Å². The average Bonchev–Trinajstić information content (AvgIpc) is 3.75. The number of hydrogen-bond donors (Lipinski definition) is 1. The molecule has 0 heterocycles. The first-order valence-electron chi connectivity index (χ1n) is 39.7. The fourth-order valence-corrected chi connectivity index (χ4v) is 11.5.